The second-order valence-electron chi connectivity index (χ2n) is 3.06. The molecular formula is C11H14FN3O. The summed E-state index contributed by atoms with van der Waals surface area (Å²) in [5.74, 6) is -0.994. The second-order valence-corrected chi connectivity index (χ2v) is 3.06. The van der Waals surface area contributed by atoms with E-state index in [1.807, 2.05) is 30.3 Å². The molecule has 0 heterocycles. The molecule has 86 valence electrons. The number of benzene rings is 1. The highest BCUT2D eigenvalue weighted by atomic mass is 19.1. The standard InChI is InChI=1S/C11H14FN3O/c12-10(6-13)11(14)15-8-16-7-9-4-2-1-3-5-9/h1-6,13,15H,7-8,14H2/b11-10-,13-6?. The van der Waals surface area contributed by atoms with Crippen LogP contribution in [0.15, 0.2) is 42.0 Å². The largest absolute Gasteiger partial charge is 0.383 e. The highest BCUT2D eigenvalue weighted by Gasteiger charge is 1.97. The average molecular weight is 223 g/mol. The summed E-state index contributed by atoms with van der Waals surface area (Å²) in [7, 11) is 0. The van der Waals surface area contributed by atoms with Crippen LogP contribution in [0, 0.1) is 5.41 Å². The molecule has 5 heteroatoms. The first kappa shape index (κ1) is 12.2. The first-order valence-corrected chi connectivity index (χ1v) is 4.75. The maximum atomic E-state index is 12.7. The van der Waals surface area contributed by atoms with Crippen LogP contribution in [0.4, 0.5) is 4.39 Å². The number of nitrogens with one attached hydrogen (secondary N) is 2. The summed E-state index contributed by atoms with van der Waals surface area (Å²) in [5.41, 5.74) is 6.30. The normalized spacial score (nSPS) is 11.8. The molecule has 1 rings (SSSR count). The molecule has 0 amide bonds. The van der Waals surface area contributed by atoms with Crippen molar-refractivity contribution >= 4 is 6.21 Å². The van der Waals surface area contributed by atoms with Crippen molar-refractivity contribution < 1.29 is 9.13 Å². The van der Waals surface area contributed by atoms with Gasteiger partial charge in [0.1, 0.15) is 12.6 Å². The van der Waals surface area contributed by atoms with Gasteiger partial charge in [-0.3, -0.25) is 0 Å². The van der Waals surface area contributed by atoms with Crippen molar-refractivity contribution in [3.05, 3.63) is 47.5 Å². The van der Waals surface area contributed by atoms with Crippen LogP contribution >= 0.6 is 0 Å². The van der Waals surface area contributed by atoms with Crippen molar-refractivity contribution in [1.29, 1.82) is 5.41 Å². The van der Waals surface area contributed by atoms with Crippen molar-refractivity contribution in [2.24, 2.45) is 5.73 Å². The summed E-state index contributed by atoms with van der Waals surface area (Å²) in [6, 6.07) is 9.60. The lowest BCUT2D eigenvalue weighted by molar-refractivity contribution is 0.109. The monoisotopic (exact) mass is 223 g/mol. The molecule has 0 unspecified atom stereocenters. The number of hydrogen-bond acceptors (Lipinski definition) is 4. The molecule has 0 aromatic heterocycles. The fourth-order valence-electron chi connectivity index (χ4n) is 1.03. The van der Waals surface area contributed by atoms with E-state index in [2.05, 4.69) is 5.32 Å². The number of halogens is 1. The van der Waals surface area contributed by atoms with Crippen LogP contribution in [0.25, 0.3) is 0 Å². The second kappa shape index (κ2) is 6.58. The van der Waals surface area contributed by atoms with Gasteiger partial charge >= 0.3 is 0 Å². The summed E-state index contributed by atoms with van der Waals surface area (Å²) >= 11 is 0. The third-order valence-corrected chi connectivity index (χ3v) is 1.86. The lowest BCUT2D eigenvalue weighted by Gasteiger charge is -2.07. The van der Waals surface area contributed by atoms with Crippen molar-refractivity contribution in [2.45, 2.75) is 6.61 Å². The van der Waals surface area contributed by atoms with Gasteiger partial charge in [-0.2, -0.15) is 0 Å². The lowest BCUT2D eigenvalue weighted by atomic mass is 10.2. The third kappa shape index (κ3) is 4.10. The van der Waals surface area contributed by atoms with Crippen LogP contribution in [0.3, 0.4) is 0 Å². The van der Waals surface area contributed by atoms with Crippen LogP contribution in [-0.4, -0.2) is 12.9 Å². The quantitative estimate of drug-likeness (QED) is 0.389. The van der Waals surface area contributed by atoms with Gasteiger partial charge in [-0.1, -0.05) is 30.3 Å². The van der Waals surface area contributed by atoms with Crippen molar-refractivity contribution in [2.75, 3.05) is 6.73 Å². The molecule has 0 aliphatic carbocycles. The Morgan fingerprint density at radius 3 is 2.75 bits per heavy atom. The molecule has 0 saturated heterocycles. The van der Waals surface area contributed by atoms with E-state index in [-0.39, 0.29) is 12.6 Å². The van der Waals surface area contributed by atoms with Crippen molar-refractivity contribution in [3.63, 3.8) is 0 Å². The summed E-state index contributed by atoms with van der Waals surface area (Å²) in [6.07, 6.45) is 0.541. The molecule has 4 nitrogen and oxygen atoms in total. The van der Waals surface area contributed by atoms with E-state index in [9.17, 15) is 4.39 Å². The molecule has 0 aliphatic heterocycles. The van der Waals surface area contributed by atoms with Gasteiger partial charge in [0, 0.05) is 0 Å². The smallest absolute Gasteiger partial charge is 0.180 e. The SMILES string of the molecule is N=C/C(F)=C(\N)NCOCc1ccccc1. The molecule has 0 atom stereocenters. The third-order valence-electron chi connectivity index (χ3n) is 1.86. The van der Waals surface area contributed by atoms with Gasteiger partial charge in [-0.25, -0.2) is 4.39 Å². The number of hydrogen-bond donors (Lipinski definition) is 3. The molecule has 0 radical (unpaired) electrons. The van der Waals surface area contributed by atoms with Gasteiger partial charge in [-0.05, 0) is 5.56 Å². The Balaban J connectivity index is 2.25. The molecule has 16 heavy (non-hydrogen) atoms. The van der Waals surface area contributed by atoms with E-state index in [0.29, 0.717) is 12.8 Å². The minimum absolute atomic E-state index is 0.0992. The molecule has 1 aromatic rings. The Kier molecular flexibility index (Phi) is 5.01. The van der Waals surface area contributed by atoms with Crippen LogP contribution in [0.1, 0.15) is 5.56 Å². The lowest BCUT2D eigenvalue weighted by Crippen LogP contribution is -2.24. The highest BCUT2D eigenvalue weighted by molar-refractivity contribution is 5.73. The Morgan fingerprint density at radius 2 is 2.12 bits per heavy atom. The summed E-state index contributed by atoms with van der Waals surface area (Å²) in [4.78, 5) is 0. The van der Waals surface area contributed by atoms with Gasteiger partial charge < -0.3 is 21.2 Å². The minimum atomic E-state index is -0.802. The fraction of sp³-hybridized carbons (Fsp3) is 0.182. The molecule has 4 N–H and O–H groups in total. The van der Waals surface area contributed by atoms with Crippen LogP contribution in [0.5, 0.6) is 0 Å². The van der Waals surface area contributed by atoms with Crippen LogP contribution < -0.4 is 11.1 Å². The number of ether oxygens (including phenoxy) is 1. The molecule has 1 aromatic carbocycles. The average Bonchev–Trinajstić information content (AvgIpc) is 2.34. The summed E-state index contributed by atoms with van der Waals surface area (Å²) < 4.78 is 17.9. The number of allylic oxidation sites excluding steroid dienone is 1. The predicted octanol–water partition coefficient (Wildman–Crippen LogP) is 1.50. The molecule has 0 aliphatic rings. The zero-order chi connectivity index (χ0) is 11.8. The van der Waals surface area contributed by atoms with Gasteiger partial charge in [0.2, 0.25) is 0 Å². The maximum absolute atomic E-state index is 12.7. The maximum Gasteiger partial charge on any atom is 0.180 e. The van der Waals surface area contributed by atoms with E-state index < -0.39 is 5.83 Å². The van der Waals surface area contributed by atoms with Crippen LogP contribution in [0.2, 0.25) is 0 Å². The molecule has 0 fully saturated rings. The van der Waals surface area contributed by atoms with E-state index >= 15 is 0 Å². The molecule has 0 bridgehead atoms. The molecule has 0 saturated carbocycles. The number of nitrogens with two attached hydrogens (primary N) is 1. The van der Waals surface area contributed by atoms with E-state index in [1.54, 1.807) is 0 Å². The van der Waals surface area contributed by atoms with E-state index in [0.717, 1.165) is 5.56 Å². The predicted molar refractivity (Wildman–Crippen MR) is 60.3 cm³/mol. The van der Waals surface area contributed by atoms with E-state index in [4.69, 9.17) is 15.9 Å². The van der Waals surface area contributed by atoms with E-state index in [1.165, 1.54) is 0 Å². The van der Waals surface area contributed by atoms with Crippen LogP contribution in [-0.2, 0) is 11.3 Å². The zero-order valence-electron chi connectivity index (χ0n) is 8.74. The topological polar surface area (TPSA) is 71.1 Å². The Morgan fingerprint density at radius 1 is 1.44 bits per heavy atom. The highest BCUT2D eigenvalue weighted by Crippen LogP contribution is 2.00. The van der Waals surface area contributed by atoms with Gasteiger partial charge in [0.25, 0.3) is 0 Å². The summed E-state index contributed by atoms with van der Waals surface area (Å²) in [5, 5.41) is 9.15. The zero-order valence-corrected chi connectivity index (χ0v) is 8.74. The Hall–Kier alpha value is -1.88. The minimum Gasteiger partial charge on any atom is -0.383 e. The summed E-state index contributed by atoms with van der Waals surface area (Å²) in [6.45, 7) is 0.523. The molecule has 0 spiro atoms. The van der Waals surface area contributed by atoms with Crippen molar-refractivity contribution in [1.82, 2.24) is 5.32 Å². The van der Waals surface area contributed by atoms with Gasteiger partial charge in [0.05, 0.1) is 12.8 Å². The first-order chi connectivity index (χ1) is 7.74. The Labute approximate surface area is 93.4 Å². The van der Waals surface area contributed by atoms with Gasteiger partial charge in [0.15, 0.2) is 5.83 Å². The Bertz CT molecular complexity index is 365. The fourth-order valence-corrected chi connectivity index (χ4v) is 1.03. The van der Waals surface area contributed by atoms with Crippen molar-refractivity contribution in [3.8, 4) is 0 Å². The molecular weight excluding hydrogens is 209 g/mol. The first-order valence-electron chi connectivity index (χ1n) is 4.75. The number of rotatable bonds is 6. The van der Waals surface area contributed by atoms with Gasteiger partial charge in [-0.15, -0.1) is 0 Å².